The largest absolute Gasteiger partial charge is 1.00 e. The highest BCUT2D eigenvalue weighted by Crippen LogP contribution is 2.46. The van der Waals surface area contributed by atoms with Crippen molar-refractivity contribution >= 4 is 39.0 Å². The van der Waals surface area contributed by atoms with Crippen LogP contribution >= 0.6 is 39.0 Å². The Morgan fingerprint density at radius 2 is 0.966 bits per heavy atom. The Morgan fingerprint density at radius 1 is 0.690 bits per heavy atom. The number of hydrogen-bond donors (Lipinski definition) is 1. The summed E-state index contributed by atoms with van der Waals surface area (Å²) in [6, 6.07) is 0. The Bertz CT molecular complexity index is 300. The topological polar surface area (TPSA) is 7.68 Å². The van der Waals surface area contributed by atoms with Crippen LogP contribution < -0.4 is 17.3 Å². The normalized spacial score (nSPS) is 12.0. The summed E-state index contributed by atoms with van der Waals surface area (Å²) in [6.07, 6.45) is 2.84. The third-order valence-electron chi connectivity index (χ3n) is 5.18. The molecule has 0 heterocycles. The molecule has 0 spiro atoms. The van der Waals surface area contributed by atoms with Gasteiger partial charge in [-0.15, -0.1) is 39.0 Å². The molecule has 0 aromatic rings. The molecule has 0 amide bonds. The summed E-state index contributed by atoms with van der Waals surface area (Å²) in [6.45, 7) is 23.8. The standard InChI is InChI=1S/C17H39NP2.C5H11Cl2N.ClH/c1-14(2)19(15(3)4)12-10-18(9)11-13-20(16(5)6)17(7)8;1-8(4-2-6)5-3-7;/h14-17H,10-13H2,1-9H3;2-5H2,1H3;1H. The Hall–Kier alpha value is 1.65. The van der Waals surface area contributed by atoms with E-state index >= 15 is 0 Å². The van der Waals surface area contributed by atoms with E-state index in [1.165, 1.54) is 30.3 Å². The van der Waals surface area contributed by atoms with Gasteiger partial charge in [0.05, 0.1) is 31.9 Å². The minimum Gasteiger partial charge on any atom is -1.00 e. The summed E-state index contributed by atoms with van der Waals surface area (Å²) in [5, 5.41) is 0. The van der Waals surface area contributed by atoms with Gasteiger partial charge in [0.15, 0.2) is 0 Å². The van der Waals surface area contributed by atoms with Gasteiger partial charge in [-0.3, -0.25) is 0 Å². The van der Waals surface area contributed by atoms with Gasteiger partial charge in [-0.05, 0) is 42.0 Å². The van der Waals surface area contributed by atoms with Gasteiger partial charge < -0.3 is 22.2 Å². The van der Waals surface area contributed by atoms with Gasteiger partial charge in [0.1, 0.15) is 0 Å². The first-order valence-corrected chi connectivity index (χ1v) is 15.5. The molecule has 29 heavy (non-hydrogen) atoms. The van der Waals surface area contributed by atoms with Gasteiger partial charge in [0, 0.05) is 13.1 Å². The summed E-state index contributed by atoms with van der Waals surface area (Å²) in [7, 11) is 4.81. The summed E-state index contributed by atoms with van der Waals surface area (Å²) < 4.78 is 0. The molecule has 0 rings (SSSR count). The van der Waals surface area contributed by atoms with Crippen molar-refractivity contribution in [3.63, 3.8) is 0 Å². The average molecular weight is 512 g/mol. The van der Waals surface area contributed by atoms with E-state index in [1.807, 2.05) is 0 Å². The van der Waals surface area contributed by atoms with Crippen LogP contribution in [-0.4, -0.2) is 91.9 Å². The van der Waals surface area contributed by atoms with Gasteiger partial charge >= 0.3 is 0 Å². The van der Waals surface area contributed by atoms with E-state index in [4.69, 9.17) is 23.2 Å². The van der Waals surface area contributed by atoms with E-state index in [1.54, 1.807) is 0 Å². The molecule has 0 aromatic heterocycles. The summed E-state index contributed by atoms with van der Waals surface area (Å²) in [4.78, 5) is 3.98. The quantitative estimate of drug-likeness (QED) is 0.278. The van der Waals surface area contributed by atoms with Crippen LogP contribution in [0.1, 0.15) is 55.4 Å². The van der Waals surface area contributed by atoms with Gasteiger partial charge in [-0.25, -0.2) is 0 Å². The fourth-order valence-corrected chi connectivity index (χ4v) is 9.60. The zero-order valence-electron chi connectivity index (χ0n) is 20.9. The van der Waals surface area contributed by atoms with Crippen molar-refractivity contribution in [2.45, 2.75) is 78.0 Å². The first kappa shape index (κ1) is 35.2. The highest BCUT2D eigenvalue weighted by Gasteiger charge is 2.19. The van der Waals surface area contributed by atoms with Crippen LogP contribution in [0.15, 0.2) is 0 Å². The molecule has 7 heteroatoms. The fraction of sp³-hybridized carbons (Fsp3) is 1.00. The molecule has 0 saturated heterocycles. The van der Waals surface area contributed by atoms with Crippen molar-refractivity contribution in [2.75, 3.05) is 64.4 Å². The molecular formula is C22H51Cl3N2P2. The number of quaternary nitrogens is 1. The van der Waals surface area contributed by atoms with Crippen LogP contribution in [0, 0.1) is 0 Å². The SMILES string of the molecule is CC(C)P(CCN(C)CCP(C(C)C)C(C)C)C(C)C.C[NH+](CCCl)CCCl.[Cl-]. The lowest BCUT2D eigenvalue weighted by atomic mass is 10.5. The molecule has 0 unspecified atom stereocenters. The maximum absolute atomic E-state index is 5.47. The molecule has 1 N–H and O–H groups in total. The van der Waals surface area contributed by atoms with Gasteiger partial charge in [0.2, 0.25) is 0 Å². The van der Waals surface area contributed by atoms with Crippen molar-refractivity contribution < 1.29 is 17.3 Å². The molecule has 0 aliphatic carbocycles. The van der Waals surface area contributed by atoms with Crippen LogP contribution in [-0.2, 0) is 0 Å². The van der Waals surface area contributed by atoms with Crippen LogP contribution in [0.5, 0.6) is 0 Å². The number of halogens is 3. The van der Waals surface area contributed by atoms with E-state index in [9.17, 15) is 0 Å². The second-order valence-electron chi connectivity index (χ2n) is 8.99. The minimum absolute atomic E-state index is 0. The van der Waals surface area contributed by atoms with Crippen LogP contribution in [0.2, 0.25) is 0 Å². The molecule has 0 bridgehead atoms. The maximum atomic E-state index is 5.47. The fourth-order valence-electron chi connectivity index (χ4n) is 3.36. The van der Waals surface area contributed by atoms with Crippen molar-refractivity contribution in [2.24, 2.45) is 0 Å². The summed E-state index contributed by atoms with van der Waals surface area (Å²) in [5.41, 5.74) is 3.51. The predicted molar refractivity (Wildman–Crippen MR) is 140 cm³/mol. The Labute approximate surface area is 203 Å². The smallest absolute Gasteiger partial charge is 0.0906 e. The molecule has 0 aliphatic heterocycles. The van der Waals surface area contributed by atoms with Crippen LogP contribution in [0.4, 0.5) is 0 Å². The number of nitrogens with zero attached hydrogens (tertiary/aromatic N) is 1. The van der Waals surface area contributed by atoms with Crippen LogP contribution in [0.25, 0.3) is 0 Å². The zero-order valence-corrected chi connectivity index (χ0v) is 25.0. The van der Waals surface area contributed by atoms with Crippen molar-refractivity contribution in [1.29, 1.82) is 0 Å². The van der Waals surface area contributed by atoms with E-state index in [0.717, 1.165) is 47.5 Å². The number of alkyl halides is 2. The van der Waals surface area contributed by atoms with E-state index in [-0.39, 0.29) is 28.3 Å². The van der Waals surface area contributed by atoms with E-state index in [2.05, 4.69) is 74.4 Å². The Morgan fingerprint density at radius 3 is 1.17 bits per heavy atom. The lowest BCUT2D eigenvalue weighted by molar-refractivity contribution is -0.874. The lowest BCUT2D eigenvalue weighted by Crippen LogP contribution is -3.09. The minimum atomic E-state index is 0. The Balaban J connectivity index is -0.000000636. The average Bonchev–Trinajstić information content (AvgIpc) is 2.54. The molecule has 180 valence electrons. The van der Waals surface area contributed by atoms with E-state index in [0.29, 0.717) is 0 Å². The number of nitrogens with one attached hydrogen (secondary N) is 1. The monoisotopic (exact) mass is 510 g/mol. The van der Waals surface area contributed by atoms with Crippen molar-refractivity contribution in [1.82, 2.24) is 4.90 Å². The molecule has 0 aromatic carbocycles. The molecule has 0 atom stereocenters. The van der Waals surface area contributed by atoms with Crippen molar-refractivity contribution in [3.05, 3.63) is 0 Å². The molecule has 0 radical (unpaired) electrons. The number of hydrogen-bond acceptors (Lipinski definition) is 1. The second-order valence-corrected chi connectivity index (χ2v) is 16.8. The molecule has 0 saturated carbocycles. The lowest BCUT2D eigenvalue weighted by Gasteiger charge is -2.30. The van der Waals surface area contributed by atoms with Gasteiger partial charge in [-0.1, -0.05) is 55.4 Å². The summed E-state index contributed by atoms with van der Waals surface area (Å²) in [5.74, 6) is 1.45. The zero-order chi connectivity index (χ0) is 22.3. The highest BCUT2D eigenvalue weighted by molar-refractivity contribution is 7.59. The second kappa shape index (κ2) is 21.5. The Kier molecular flexibility index (Phi) is 26.1. The predicted octanol–water partition coefficient (Wildman–Crippen LogP) is 2.50. The molecule has 2 nitrogen and oxygen atoms in total. The molecule has 0 fully saturated rings. The number of rotatable bonds is 14. The molecule has 0 aliphatic rings. The van der Waals surface area contributed by atoms with Gasteiger partial charge in [0.25, 0.3) is 0 Å². The van der Waals surface area contributed by atoms with Crippen LogP contribution in [0.3, 0.4) is 0 Å². The summed E-state index contributed by atoms with van der Waals surface area (Å²) >= 11 is 10.9. The molecular weight excluding hydrogens is 461 g/mol. The maximum Gasteiger partial charge on any atom is 0.0906 e. The van der Waals surface area contributed by atoms with Gasteiger partial charge in [-0.2, -0.15) is 0 Å². The van der Waals surface area contributed by atoms with Crippen molar-refractivity contribution in [3.8, 4) is 0 Å². The third-order valence-corrected chi connectivity index (χ3v) is 12.3. The third kappa shape index (κ3) is 20.0. The highest BCUT2D eigenvalue weighted by atomic mass is 35.5. The first-order chi connectivity index (χ1) is 13.0. The first-order valence-electron chi connectivity index (χ1n) is 11.1. The van der Waals surface area contributed by atoms with E-state index < -0.39 is 0 Å².